The molecule has 1 aliphatic carbocycles. The first kappa shape index (κ1) is 14.6. The second-order valence-corrected chi connectivity index (χ2v) is 6.29. The topological polar surface area (TPSA) is 65.3 Å². The molecule has 24 heavy (non-hydrogen) atoms. The Morgan fingerprint density at radius 2 is 2.12 bits per heavy atom. The molecule has 4 nitrogen and oxygen atoms in total. The smallest absolute Gasteiger partial charge is 0.163 e. The Hall–Kier alpha value is -2.93. The molecule has 2 aliphatic rings. The van der Waals surface area contributed by atoms with Crippen molar-refractivity contribution in [2.45, 2.75) is 18.4 Å². The number of hydrogen-bond acceptors (Lipinski definition) is 4. The van der Waals surface area contributed by atoms with Gasteiger partial charge in [0.2, 0.25) is 0 Å². The van der Waals surface area contributed by atoms with Crippen molar-refractivity contribution in [1.82, 2.24) is 0 Å². The van der Waals surface area contributed by atoms with Gasteiger partial charge in [0.1, 0.15) is 0 Å². The third kappa shape index (κ3) is 2.13. The molecule has 4 rings (SSSR count). The van der Waals surface area contributed by atoms with Crippen LogP contribution in [0.4, 0.5) is 5.69 Å². The zero-order chi connectivity index (χ0) is 16.7. The van der Waals surface area contributed by atoms with Crippen LogP contribution in [-0.4, -0.2) is 12.2 Å². The van der Waals surface area contributed by atoms with Gasteiger partial charge in [-0.15, -0.1) is 0 Å². The van der Waals surface area contributed by atoms with Gasteiger partial charge in [-0.1, -0.05) is 24.3 Å². The monoisotopic (exact) mass is 318 g/mol. The van der Waals surface area contributed by atoms with Gasteiger partial charge in [0.15, 0.2) is 11.5 Å². The maximum atomic E-state index is 10.6. The second-order valence-electron chi connectivity index (χ2n) is 6.29. The molecule has 0 saturated carbocycles. The lowest BCUT2D eigenvalue weighted by Crippen LogP contribution is -2.29. The largest absolute Gasteiger partial charge is 0.504 e. The van der Waals surface area contributed by atoms with E-state index < -0.39 is 0 Å². The Morgan fingerprint density at radius 3 is 2.92 bits per heavy atom. The molecule has 4 heteroatoms. The van der Waals surface area contributed by atoms with Gasteiger partial charge >= 0.3 is 0 Å². The van der Waals surface area contributed by atoms with E-state index in [4.69, 9.17) is 10.00 Å². The lowest BCUT2D eigenvalue weighted by Gasteiger charge is -2.37. The van der Waals surface area contributed by atoms with Gasteiger partial charge in [-0.3, -0.25) is 0 Å². The maximum absolute atomic E-state index is 10.6. The molecule has 0 aromatic heterocycles. The van der Waals surface area contributed by atoms with Crippen LogP contribution in [0, 0.1) is 17.2 Å². The SMILES string of the molecule is COc1cccc(C2Nc3ccc(C#N)cc3C3C=CCC32)c1O. The van der Waals surface area contributed by atoms with E-state index in [9.17, 15) is 5.11 Å². The second kappa shape index (κ2) is 5.61. The van der Waals surface area contributed by atoms with E-state index in [0.29, 0.717) is 17.2 Å². The van der Waals surface area contributed by atoms with Crippen LogP contribution in [0.2, 0.25) is 0 Å². The van der Waals surface area contributed by atoms with Gasteiger partial charge in [-0.2, -0.15) is 5.26 Å². The Balaban J connectivity index is 1.81. The molecule has 0 fully saturated rings. The lowest BCUT2D eigenvalue weighted by molar-refractivity contribution is 0.358. The van der Waals surface area contributed by atoms with Crippen molar-refractivity contribution in [2.24, 2.45) is 5.92 Å². The van der Waals surface area contributed by atoms with Crippen molar-refractivity contribution < 1.29 is 9.84 Å². The van der Waals surface area contributed by atoms with Crippen LogP contribution in [-0.2, 0) is 0 Å². The summed E-state index contributed by atoms with van der Waals surface area (Å²) in [6, 6.07) is 13.6. The Labute approximate surface area is 141 Å². The number of fused-ring (bicyclic) bond motifs is 3. The molecule has 0 amide bonds. The fourth-order valence-electron chi connectivity index (χ4n) is 3.93. The molecular weight excluding hydrogens is 300 g/mol. The van der Waals surface area contributed by atoms with Crippen molar-refractivity contribution >= 4 is 5.69 Å². The van der Waals surface area contributed by atoms with Crippen LogP contribution >= 0.6 is 0 Å². The number of aromatic hydroxyl groups is 1. The minimum absolute atomic E-state index is 0.000496. The van der Waals surface area contributed by atoms with Crippen molar-refractivity contribution in [1.29, 1.82) is 5.26 Å². The van der Waals surface area contributed by atoms with Crippen LogP contribution < -0.4 is 10.1 Å². The summed E-state index contributed by atoms with van der Waals surface area (Å²) in [5, 5.41) is 23.3. The Bertz CT molecular complexity index is 866. The van der Waals surface area contributed by atoms with E-state index in [-0.39, 0.29) is 17.7 Å². The molecule has 0 bridgehead atoms. The van der Waals surface area contributed by atoms with Gasteiger partial charge in [0.25, 0.3) is 0 Å². The molecule has 120 valence electrons. The van der Waals surface area contributed by atoms with Gasteiger partial charge in [0.05, 0.1) is 24.8 Å². The Morgan fingerprint density at radius 1 is 1.25 bits per heavy atom. The van der Waals surface area contributed by atoms with Crippen LogP contribution in [0.3, 0.4) is 0 Å². The number of ether oxygens (including phenoxy) is 1. The third-order valence-electron chi connectivity index (χ3n) is 5.08. The zero-order valence-electron chi connectivity index (χ0n) is 13.4. The first-order chi connectivity index (χ1) is 11.7. The van der Waals surface area contributed by atoms with Gasteiger partial charge < -0.3 is 15.2 Å². The summed E-state index contributed by atoms with van der Waals surface area (Å²) in [6.07, 6.45) is 5.35. The number of nitrogens with zero attached hydrogens (tertiary/aromatic N) is 1. The van der Waals surface area contributed by atoms with Gasteiger partial charge in [-0.05, 0) is 42.2 Å². The van der Waals surface area contributed by atoms with E-state index >= 15 is 0 Å². The number of para-hydroxylation sites is 1. The summed E-state index contributed by atoms with van der Waals surface area (Å²) in [7, 11) is 1.56. The van der Waals surface area contributed by atoms with Gasteiger partial charge in [-0.25, -0.2) is 0 Å². The molecule has 1 heterocycles. The average molecular weight is 318 g/mol. The van der Waals surface area contributed by atoms with E-state index in [1.807, 2.05) is 30.3 Å². The minimum atomic E-state index is 0.000496. The van der Waals surface area contributed by atoms with E-state index in [1.165, 1.54) is 0 Å². The first-order valence-electron chi connectivity index (χ1n) is 8.06. The number of benzene rings is 2. The summed E-state index contributed by atoms with van der Waals surface area (Å²) in [6.45, 7) is 0. The molecular formula is C20H18N2O2. The summed E-state index contributed by atoms with van der Waals surface area (Å²) in [5.41, 5.74) is 3.71. The summed E-state index contributed by atoms with van der Waals surface area (Å²) < 4.78 is 5.26. The van der Waals surface area contributed by atoms with Crippen molar-refractivity contribution in [3.05, 3.63) is 65.2 Å². The fourth-order valence-corrected chi connectivity index (χ4v) is 3.93. The average Bonchev–Trinajstić information content (AvgIpc) is 3.11. The highest BCUT2D eigenvalue weighted by molar-refractivity contribution is 5.63. The maximum Gasteiger partial charge on any atom is 0.163 e. The first-order valence-corrected chi connectivity index (χ1v) is 8.06. The van der Waals surface area contributed by atoms with Crippen LogP contribution in [0.25, 0.3) is 0 Å². The van der Waals surface area contributed by atoms with Gasteiger partial charge in [0, 0.05) is 17.2 Å². The highest BCUT2D eigenvalue weighted by Gasteiger charge is 2.39. The molecule has 0 radical (unpaired) electrons. The number of nitrogens with one attached hydrogen (secondary N) is 1. The highest BCUT2D eigenvalue weighted by atomic mass is 16.5. The molecule has 0 spiro atoms. The summed E-state index contributed by atoms with van der Waals surface area (Å²) >= 11 is 0. The van der Waals surface area contributed by atoms with Crippen molar-refractivity contribution in [3.63, 3.8) is 0 Å². The van der Waals surface area contributed by atoms with Crippen LogP contribution in [0.15, 0.2) is 48.6 Å². The molecule has 1 aliphatic heterocycles. The number of phenolic OH excluding ortho intramolecular Hbond substituents is 1. The van der Waals surface area contributed by atoms with Crippen molar-refractivity contribution in [2.75, 3.05) is 12.4 Å². The number of hydrogen-bond donors (Lipinski definition) is 2. The number of nitriles is 1. The molecule has 2 N–H and O–H groups in total. The number of anilines is 1. The van der Waals surface area contributed by atoms with E-state index in [1.54, 1.807) is 13.2 Å². The molecule has 0 saturated heterocycles. The zero-order valence-corrected chi connectivity index (χ0v) is 13.4. The van der Waals surface area contributed by atoms with E-state index in [0.717, 1.165) is 23.2 Å². The molecule has 2 aromatic carbocycles. The third-order valence-corrected chi connectivity index (χ3v) is 5.08. The van der Waals surface area contributed by atoms with Crippen LogP contribution in [0.5, 0.6) is 11.5 Å². The summed E-state index contributed by atoms with van der Waals surface area (Å²) in [5.74, 6) is 1.25. The standard InChI is InChI=1S/C20H18N2O2/c1-24-18-7-3-6-15(20(18)23)19-14-5-2-4-13(14)16-10-12(11-21)8-9-17(16)22-19/h2-4,6-10,13-14,19,22-23H,5H2,1H3. The predicted molar refractivity (Wildman–Crippen MR) is 92.2 cm³/mol. The van der Waals surface area contributed by atoms with E-state index in [2.05, 4.69) is 23.5 Å². The number of rotatable bonds is 2. The summed E-state index contributed by atoms with van der Waals surface area (Å²) in [4.78, 5) is 0. The number of phenols is 1. The van der Waals surface area contributed by atoms with Crippen LogP contribution in [0.1, 0.15) is 35.1 Å². The lowest BCUT2D eigenvalue weighted by atomic mass is 9.76. The molecule has 3 unspecified atom stereocenters. The number of allylic oxidation sites excluding steroid dienone is 2. The molecule has 3 atom stereocenters. The predicted octanol–water partition coefficient (Wildman–Crippen LogP) is 4.10. The Kier molecular flexibility index (Phi) is 3.42. The quantitative estimate of drug-likeness (QED) is 0.818. The number of methoxy groups -OCH3 is 1. The van der Waals surface area contributed by atoms with Crippen molar-refractivity contribution in [3.8, 4) is 17.6 Å². The highest BCUT2D eigenvalue weighted by Crippen LogP contribution is 2.52. The minimum Gasteiger partial charge on any atom is -0.504 e. The fraction of sp³-hybridized carbons (Fsp3) is 0.250. The molecule has 2 aromatic rings. The normalized spacial score (nSPS) is 23.8.